The Morgan fingerprint density at radius 3 is 2.46 bits per heavy atom. The van der Waals surface area contributed by atoms with Crippen LogP contribution >= 0.6 is 0 Å². The molecule has 2 aromatic carbocycles. The number of hydrogen-bond acceptors (Lipinski definition) is 3. The average molecular weight is 323 g/mol. The van der Waals surface area contributed by atoms with Gasteiger partial charge in [0.2, 0.25) is 0 Å². The van der Waals surface area contributed by atoms with Crippen molar-refractivity contribution in [1.82, 2.24) is 9.55 Å². The smallest absolute Gasteiger partial charge is 0.326 e. The molecule has 0 aliphatic rings. The summed E-state index contributed by atoms with van der Waals surface area (Å²) in [7, 11) is 1.62. The highest BCUT2D eigenvalue weighted by Gasteiger charge is 2.19. The Labute approximate surface area is 138 Å². The number of carbonyl (C=O) groups excluding carboxylic acids is 1. The van der Waals surface area contributed by atoms with Gasteiger partial charge in [0.25, 0.3) is 5.91 Å². The number of H-pyrrole nitrogens is 1. The highest BCUT2D eigenvalue weighted by atomic mass is 16.3. The molecular weight excluding hydrogens is 306 g/mol. The number of amides is 1. The lowest BCUT2D eigenvalue weighted by molar-refractivity contribution is 0.0984. The van der Waals surface area contributed by atoms with Crippen molar-refractivity contribution in [3.05, 3.63) is 82.5 Å². The van der Waals surface area contributed by atoms with Crippen LogP contribution in [-0.4, -0.2) is 27.6 Å². The highest BCUT2D eigenvalue weighted by molar-refractivity contribution is 6.04. The van der Waals surface area contributed by atoms with Gasteiger partial charge in [-0.3, -0.25) is 9.36 Å². The van der Waals surface area contributed by atoms with Crippen LogP contribution < -0.4 is 10.6 Å². The van der Waals surface area contributed by atoms with E-state index in [1.165, 1.54) is 27.8 Å². The SMILES string of the molecule is CN(C(=O)c1c[nH]c(=O)n1Cc1ccccc1)c1ccc(O)cc1. The molecule has 2 N–H and O–H groups in total. The topological polar surface area (TPSA) is 78.3 Å². The van der Waals surface area contributed by atoms with Gasteiger partial charge in [-0.25, -0.2) is 4.79 Å². The summed E-state index contributed by atoms with van der Waals surface area (Å²) in [6.07, 6.45) is 1.42. The van der Waals surface area contributed by atoms with Gasteiger partial charge in [-0.2, -0.15) is 0 Å². The molecule has 0 fully saturated rings. The fourth-order valence-electron chi connectivity index (χ4n) is 2.46. The van der Waals surface area contributed by atoms with E-state index in [-0.39, 0.29) is 23.0 Å². The molecule has 3 rings (SSSR count). The van der Waals surface area contributed by atoms with E-state index in [9.17, 15) is 14.7 Å². The monoisotopic (exact) mass is 323 g/mol. The lowest BCUT2D eigenvalue weighted by Crippen LogP contribution is -2.31. The molecule has 0 bridgehead atoms. The number of nitrogens with zero attached hydrogens (tertiary/aromatic N) is 2. The molecule has 6 nitrogen and oxygen atoms in total. The largest absolute Gasteiger partial charge is 0.508 e. The van der Waals surface area contributed by atoms with Crippen molar-refractivity contribution in [3.63, 3.8) is 0 Å². The van der Waals surface area contributed by atoms with Gasteiger partial charge < -0.3 is 15.0 Å². The number of phenolic OH excluding ortho intramolecular Hbond substituents is 1. The van der Waals surface area contributed by atoms with E-state index in [0.717, 1.165) is 5.56 Å². The Hall–Kier alpha value is -3.28. The minimum Gasteiger partial charge on any atom is -0.508 e. The normalized spacial score (nSPS) is 10.5. The lowest BCUT2D eigenvalue weighted by Gasteiger charge is -2.18. The zero-order valence-corrected chi connectivity index (χ0v) is 13.1. The first-order valence-electron chi connectivity index (χ1n) is 7.45. The first kappa shape index (κ1) is 15.6. The van der Waals surface area contributed by atoms with Crippen molar-refractivity contribution in [3.8, 4) is 5.75 Å². The van der Waals surface area contributed by atoms with Gasteiger partial charge in [0.15, 0.2) is 0 Å². The zero-order valence-electron chi connectivity index (χ0n) is 13.1. The van der Waals surface area contributed by atoms with Crippen LogP contribution in [0, 0.1) is 0 Å². The van der Waals surface area contributed by atoms with Crippen LogP contribution in [0.25, 0.3) is 0 Å². The molecular formula is C18H17N3O3. The minimum atomic E-state index is -0.332. The first-order valence-corrected chi connectivity index (χ1v) is 7.45. The van der Waals surface area contributed by atoms with Gasteiger partial charge in [-0.05, 0) is 29.8 Å². The van der Waals surface area contributed by atoms with Gasteiger partial charge in [0, 0.05) is 18.9 Å². The van der Waals surface area contributed by atoms with Gasteiger partial charge >= 0.3 is 5.69 Å². The van der Waals surface area contributed by atoms with Crippen molar-refractivity contribution in [1.29, 1.82) is 0 Å². The third-order valence-corrected chi connectivity index (χ3v) is 3.81. The first-order chi connectivity index (χ1) is 11.6. The number of nitrogens with one attached hydrogen (secondary N) is 1. The van der Waals surface area contributed by atoms with Gasteiger partial charge in [-0.15, -0.1) is 0 Å². The number of anilines is 1. The van der Waals surface area contributed by atoms with E-state index in [1.807, 2.05) is 30.3 Å². The molecule has 24 heavy (non-hydrogen) atoms. The number of aromatic nitrogens is 2. The molecule has 0 unspecified atom stereocenters. The van der Waals surface area contributed by atoms with Crippen molar-refractivity contribution in [2.75, 3.05) is 11.9 Å². The summed E-state index contributed by atoms with van der Waals surface area (Å²) in [5.41, 5.74) is 1.50. The van der Waals surface area contributed by atoms with E-state index in [1.54, 1.807) is 19.2 Å². The van der Waals surface area contributed by atoms with E-state index in [4.69, 9.17) is 0 Å². The Morgan fingerprint density at radius 1 is 1.12 bits per heavy atom. The second-order valence-electron chi connectivity index (χ2n) is 5.43. The highest BCUT2D eigenvalue weighted by Crippen LogP contribution is 2.19. The number of imidazole rings is 1. The van der Waals surface area contributed by atoms with Crippen LogP contribution in [0.3, 0.4) is 0 Å². The molecule has 0 aliphatic heterocycles. The number of benzene rings is 2. The van der Waals surface area contributed by atoms with Crippen LogP contribution in [0.4, 0.5) is 5.69 Å². The van der Waals surface area contributed by atoms with E-state index >= 15 is 0 Å². The number of phenols is 1. The molecule has 0 saturated carbocycles. The van der Waals surface area contributed by atoms with Crippen LogP contribution in [0.15, 0.2) is 65.6 Å². The molecule has 1 aromatic heterocycles. The molecule has 0 aliphatic carbocycles. The summed E-state index contributed by atoms with van der Waals surface area (Å²) < 4.78 is 1.41. The molecule has 122 valence electrons. The Bertz CT molecular complexity index is 895. The number of hydrogen-bond donors (Lipinski definition) is 2. The maximum atomic E-state index is 12.7. The molecule has 1 amide bonds. The maximum Gasteiger partial charge on any atom is 0.326 e. The van der Waals surface area contributed by atoms with E-state index in [2.05, 4.69) is 4.98 Å². The summed E-state index contributed by atoms with van der Waals surface area (Å²) in [5.74, 6) is -0.183. The van der Waals surface area contributed by atoms with Crippen molar-refractivity contribution >= 4 is 11.6 Å². The van der Waals surface area contributed by atoms with Crippen LogP contribution in [-0.2, 0) is 6.54 Å². The predicted molar refractivity (Wildman–Crippen MR) is 91.4 cm³/mol. The molecule has 3 aromatic rings. The Kier molecular flexibility index (Phi) is 4.20. The third kappa shape index (κ3) is 3.08. The molecule has 0 saturated heterocycles. The van der Waals surface area contributed by atoms with Crippen molar-refractivity contribution in [2.45, 2.75) is 6.54 Å². The fourth-order valence-corrected chi connectivity index (χ4v) is 2.46. The zero-order chi connectivity index (χ0) is 17.1. The summed E-state index contributed by atoms with van der Waals surface area (Å²) >= 11 is 0. The number of aromatic amines is 1. The molecule has 1 heterocycles. The van der Waals surface area contributed by atoms with Gasteiger partial charge in [0.05, 0.1) is 6.54 Å². The third-order valence-electron chi connectivity index (χ3n) is 3.81. The number of rotatable bonds is 4. The van der Waals surface area contributed by atoms with Gasteiger partial charge in [-0.1, -0.05) is 30.3 Å². The Balaban J connectivity index is 1.90. The molecule has 0 atom stereocenters. The average Bonchev–Trinajstić information content (AvgIpc) is 2.96. The fraction of sp³-hybridized carbons (Fsp3) is 0.111. The molecule has 0 spiro atoms. The minimum absolute atomic E-state index is 0.127. The van der Waals surface area contributed by atoms with Crippen LogP contribution in [0.2, 0.25) is 0 Å². The standard InChI is InChI=1S/C18H17N3O3/c1-20(14-7-9-15(22)10-8-14)17(23)16-11-19-18(24)21(16)12-13-5-3-2-4-6-13/h2-11,22H,12H2,1H3,(H,19,24). The van der Waals surface area contributed by atoms with Crippen molar-refractivity contribution in [2.24, 2.45) is 0 Å². The molecule has 6 heteroatoms. The van der Waals surface area contributed by atoms with E-state index < -0.39 is 0 Å². The summed E-state index contributed by atoms with van der Waals surface area (Å²) in [6, 6.07) is 15.8. The molecule has 0 radical (unpaired) electrons. The lowest BCUT2D eigenvalue weighted by atomic mass is 10.2. The van der Waals surface area contributed by atoms with Crippen LogP contribution in [0.5, 0.6) is 5.75 Å². The number of aromatic hydroxyl groups is 1. The maximum absolute atomic E-state index is 12.7. The summed E-state index contributed by atoms with van der Waals surface area (Å²) in [4.78, 5) is 28.8. The quantitative estimate of drug-likeness (QED) is 0.772. The predicted octanol–water partition coefficient (Wildman–Crippen LogP) is 2.21. The second kappa shape index (κ2) is 6.45. The summed E-state index contributed by atoms with van der Waals surface area (Å²) in [5, 5.41) is 9.35. The van der Waals surface area contributed by atoms with Gasteiger partial charge in [0.1, 0.15) is 11.4 Å². The van der Waals surface area contributed by atoms with Crippen LogP contribution in [0.1, 0.15) is 16.1 Å². The second-order valence-corrected chi connectivity index (χ2v) is 5.43. The number of carbonyl (C=O) groups is 1. The van der Waals surface area contributed by atoms with E-state index in [0.29, 0.717) is 12.2 Å². The summed E-state index contributed by atoms with van der Waals surface area (Å²) in [6.45, 7) is 0.313. The van der Waals surface area contributed by atoms with Crippen molar-refractivity contribution < 1.29 is 9.90 Å². The Morgan fingerprint density at radius 2 is 1.79 bits per heavy atom.